The zero-order chi connectivity index (χ0) is 6.69. The average Bonchev–Trinajstić information content (AvgIpc) is 2.15. The highest BCUT2D eigenvalue weighted by Crippen LogP contribution is 2.02. The Hall–Kier alpha value is -0.860. The molecule has 1 atom stereocenters. The number of rotatable bonds is 1. The molecule has 1 unspecified atom stereocenters. The van der Waals surface area contributed by atoms with Crippen LogP contribution in [0.3, 0.4) is 0 Å². The summed E-state index contributed by atoms with van der Waals surface area (Å²) in [6.07, 6.45) is 2.48. The molecule has 50 valence electrons. The highest BCUT2D eigenvalue weighted by Gasteiger charge is 2.11. The van der Waals surface area contributed by atoms with Gasteiger partial charge in [0.15, 0.2) is 0 Å². The third kappa shape index (κ3) is 1.83. The monoisotopic (exact) mass is 127 g/mol. The lowest BCUT2D eigenvalue weighted by Crippen LogP contribution is -2.14. The first kappa shape index (κ1) is 6.26. The predicted molar refractivity (Wildman–Crippen MR) is 33.5 cm³/mol. The molecule has 0 aromatic rings. The van der Waals surface area contributed by atoms with Crippen molar-refractivity contribution in [2.24, 2.45) is 4.99 Å². The topological polar surface area (TPSA) is 38.7 Å². The van der Waals surface area contributed by atoms with Crippen molar-refractivity contribution in [2.45, 2.75) is 19.4 Å². The van der Waals surface area contributed by atoms with Crippen molar-refractivity contribution in [1.82, 2.24) is 0 Å². The molecule has 1 aliphatic heterocycles. The van der Waals surface area contributed by atoms with Gasteiger partial charge in [0.25, 0.3) is 0 Å². The summed E-state index contributed by atoms with van der Waals surface area (Å²) in [7, 11) is 0. The summed E-state index contributed by atoms with van der Waals surface area (Å²) in [6.45, 7) is 2.20. The fraction of sp³-hybridized carbons (Fsp3) is 0.667. The van der Waals surface area contributed by atoms with Crippen molar-refractivity contribution in [3.8, 4) is 0 Å². The van der Waals surface area contributed by atoms with Crippen LogP contribution in [0.5, 0.6) is 0 Å². The highest BCUT2D eigenvalue weighted by molar-refractivity contribution is 5.72. The van der Waals surface area contributed by atoms with Crippen LogP contribution in [-0.2, 0) is 9.53 Å². The van der Waals surface area contributed by atoms with Crippen LogP contribution < -0.4 is 0 Å². The summed E-state index contributed by atoms with van der Waals surface area (Å²) in [5.74, 6) is -0.228. The molecule has 9 heavy (non-hydrogen) atoms. The smallest absolute Gasteiger partial charge is 0.303 e. The van der Waals surface area contributed by atoms with E-state index in [-0.39, 0.29) is 12.1 Å². The van der Waals surface area contributed by atoms with Gasteiger partial charge in [0, 0.05) is 26.1 Å². The Morgan fingerprint density at radius 2 is 2.67 bits per heavy atom. The molecule has 0 spiro atoms. The minimum absolute atomic E-state index is 0.0532. The van der Waals surface area contributed by atoms with Crippen LogP contribution in [-0.4, -0.2) is 24.8 Å². The number of nitrogens with zero attached hydrogens (tertiary/aromatic N) is 1. The first-order valence-electron chi connectivity index (χ1n) is 2.96. The minimum Gasteiger partial charge on any atom is -0.457 e. The molecule has 0 bridgehead atoms. The molecular formula is C6H9NO2. The van der Waals surface area contributed by atoms with Gasteiger partial charge >= 0.3 is 5.97 Å². The van der Waals surface area contributed by atoms with Crippen molar-refractivity contribution >= 4 is 12.2 Å². The summed E-state index contributed by atoms with van der Waals surface area (Å²) in [4.78, 5) is 14.2. The van der Waals surface area contributed by atoms with Gasteiger partial charge in [-0.25, -0.2) is 0 Å². The summed E-state index contributed by atoms with van der Waals surface area (Å²) >= 11 is 0. The molecule has 0 radical (unpaired) electrons. The molecule has 0 amide bonds. The molecule has 0 aliphatic carbocycles. The number of hydrogen-bond donors (Lipinski definition) is 0. The summed E-state index contributed by atoms with van der Waals surface area (Å²) in [6, 6.07) is 0. The molecule has 0 aromatic carbocycles. The van der Waals surface area contributed by atoms with Crippen molar-refractivity contribution < 1.29 is 9.53 Å². The standard InChI is InChI=1S/C6H9NO2/c1-5(8)9-6-2-3-7-4-6/h4,6H,2-3H2,1H3. The van der Waals surface area contributed by atoms with Crippen LogP contribution >= 0.6 is 0 Å². The second-order valence-corrected chi connectivity index (χ2v) is 1.99. The van der Waals surface area contributed by atoms with Crippen molar-refractivity contribution in [3.05, 3.63) is 0 Å². The first-order chi connectivity index (χ1) is 4.29. The van der Waals surface area contributed by atoms with E-state index < -0.39 is 0 Å². The third-order valence-electron chi connectivity index (χ3n) is 1.13. The van der Waals surface area contributed by atoms with E-state index >= 15 is 0 Å². The van der Waals surface area contributed by atoms with Crippen LogP contribution in [0.15, 0.2) is 4.99 Å². The highest BCUT2D eigenvalue weighted by atomic mass is 16.5. The van der Waals surface area contributed by atoms with Crippen LogP contribution in [0.25, 0.3) is 0 Å². The zero-order valence-electron chi connectivity index (χ0n) is 5.33. The van der Waals surface area contributed by atoms with Crippen LogP contribution in [0, 0.1) is 0 Å². The molecule has 0 N–H and O–H groups in total. The van der Waals surface area contributed by atoms with E-state index in [2.05, 4.69) is 4.99 Å². The van der Waals surface area contributed by atoms with Crippen LogP contribution in [0.2, 0.25) is 0 Å². The van der Waals surface area contributed by atoms with Crippen molar-refractivity contribution in [2.75, 3.05) is 6.54 Å². The van der Waals surface area contributed by atoms with E-state index in [9.17, 15) is 4.79 Å². The number of carbonyl (C=O) groups is 1. The number of aliphatic imine (C=N–C) groups is 1. The van der Waals surface area contributed by atoms with Gasteiger partial charge in [-0.05, 0) is 0 Å². The quantitative estimate of drug-likeness (QED) is 0.478. The Morgan fingerprint density at radius 1 is 1.89 bits per heavy atom. The number of ether oxygens (including phenoxy) is 1. The van der Waals surface area contributed by atoms with Crippen molar-refractivity contribution in [3.63, 3.8) is 0 Å². The number of carbonyl (C=O) groups excluding carboxylic acids is 1. The van der Waals surface area contributed by atoms with Gasteiger partial charge in [-0.3, -0.25) is 9.79 Å². The Morgan fingerprint density at radius 3 is 3.11 bits per heavy atom. The normalized spacial score (nSPS) is 24.3. The largest absolute Gasteiger partial charge is 0.457 e. The Kier molecular flexibility index (Phi) is 1.82. The second kappa shape index (κ2) is 2.62. The first-order valence-corrected chi connectivity index (χ1v) is 2.96. The molecular weight excluding hydrogens is 118 g/mol. The van der Waals surface area contributed by atoms with E-state index in [0.717, 1.165) is 13.0 Å². The van der Waals surface area contributed by atoms with Gasteiger partial charge in [-0.2, -0.15) is 0 Å². The minimum atomic E-state index is -0.228. The summed E-state index contributed by atoms with van der Waals surface area (Å²) in [5.41, 5.74) is 0. The van der Waals surface area contributed by atoms with Crippen LogP contribution in [0.1, 0.15) is 13.3 Å². The fourth-order valence-corrected chi connectivity index (χ4v) is 0.771. The fourth-order valence-electron chi connectivity index (χ4n) is 0.771. The molecule has 0 aromatic heterocycles. The molecule has 1 heterocycles. The molecule has 1 rings (SSSR count). The lowest BCUT2D eigenvalue weighted by Gasteiger charge is -2.04. The molecule has 1 aliphatic rings. The average molecular weight is 127 g/mol. The Labute approximate surface area is 53.7 Å². The maximum atomic E-state index is 10.3. The maximum absolute atomic E-state index is 10.3. The van der Waals surface area contributed by atoms with Gasteiger partial charge in [0.2, 0.25) is 0 Å². The molecule has 0 saturated carbocycles. The van der Waals surface area contributed by atoms with Crippen molar-refractivity contribution in [1.29, 1.82) is 0 Å². The number of esters is 1. The van der Waals surface area contributed by atoms with Gasteiger partial charge in [-0.1, -0.05) is 0 Å². The van der Waals surface area contributed by atoms with E-state index in [4.69, 9.17) is 4.74 Å². The van der Waals surface area contributed by atoms with E-state index in [1.165, 1.54) is 6.92 Å². The second-order valence-electron chi connectivity index (χ2n) is 1.99. The number of hydrogen-bond acceptors (Lipinski definition) is 3. The molecule has 0 saturated heterocycles. The predicted octanol–water partition coefficient (Wildman–Crippen LogP) is 0.393. The van der Waals surface area contributed by atoms with Gasteiger partial charge < -0.3 is 4.74 Å². The maximum Gasteiger partial charge on any atom is 0.303 e. The Balaban J connectivity index is 2.28. The Bertz CT molecular complexity index is 142. The van der Waals surface area contributed by atoms with Gasteiger partial charge in [0.1, 0.15) is 6.10 Å². The third-order valence-corrected chi connectivity index (χ3v) is 1.13. The molecule has 3 heteroatoms. The summed E-state index contributed by atoms with van der Waals surface area (Å²) < 4.78 is 4.82. The molecule has 0 fully saturated rings. The summed E-state index contributed by atoms with van der Waals surface area (Å²) in [5, 5.41) is 0. The van der Waals surface area contributed by atoms with Gasteiger partial charge in [-0.15, -0.1) is 0 Å². The van der Waals surface area contributed by atoms with Gasteiger partial charge in [0.05, 0.1) is 0 Å². The molecule has 3 nitrogen and oxygen atoms in total. The van der Waals surface area contributed by atoms with E-state index in [1.807, 2.05) is 0 Å². The van der Waals surface area contributed by atoms with Crippen LogP contribution in [0.4, 0.5) is 0 Å². The zero-order valence-corrected chi connectivity index (χ0v) is 5.33. The lowest BCUT2D eigenvalue weighted by atomic mass is 10.3. The van der Waals surface area contributed by atoms with E-state index in [0.29, 0.717) is 0 Å². The lowest BCUT2D eigenvalue weighted by molar-refractivity contribution is -0.143. The SMILES string of the molecule is CC(=O)OC1C=NCC1. The van der Waals surface area contributed by atoms with E-state index in [1.54, 1.807) is 6.21 Å².